The van der Waals surface area contributed by atoms with Crippen molar-refractivity contribution < 1.29 is 0 Å². The van der Waals surface area contributed by atoms with E-state index >= 15 is 0 Å². The summed E-state index contributed by atoms with van der Waals surface area (Å²) in [6.45, 7) is 8.23. The number of hydrogen-bond donors (Lipinski definition) is 0. The highest BCUT2D eigenvalue weighted by Gasteiger charge is 2.03. The Balaban J connectivity index is 2.68. The Labute approximate surface area is 105 Å². The zero-order chi connectivity index (χ0) is 12.5. The van der Waals surface area contributed by atoms with Gasteiger partial charge in [0.1, 0.15) is 0 Å². The third-order valence-electron chi connectivity index (χ3n) is 2.57. The lowest BCUT2D eigenvalue weighted by atomic mass is 9.95. The molecule has 0 heterocycles. The van der Waals surface area contributed by atoms with Crippen LogP contribution in [0.25, 0.3) is 6.08 Å². The molecule has 0 aromatic heterocycles. The van der Waals surface area contributed by atoms with Crippen LogP contribution in [0.2, 0.25) is 0 Å². The van der Waals surface area contributed by atoms with Crippen LogP contribution in [0, 0.1) is 11.8 Å². The summed E-state index contributed by atoms with van der Waals surface area (Å²) >= 11 is 0. The molecule has 0 heteroatoms. The van der Waals surface area contributed by atoms with Gasteiger partial charge in [0.25, 0.3) is 0 Å². The fourth-order valence-electron chi connectivity index (χ4n) is 1.79. The molecule has 17 heavy (non-hydrogen) atoms. The van der Waals surface area contributed by atoms with E-state index in [1.807, 2.05) is 18.2 Å². The van der Waals surface area contributed by atoms with Crippen LogP contribution in [0.15, 0.2) is 61.2 Å². The van der Waals surface area contributed by atoms with Crippen molar-refractivity contribution in [2.24, 2.45) is 11.8 Å². The van der Waals surface area contributed by atoms with Crippen molar-refractivity contribution >= 4 is 6.08 Å². The Morgan fingerprint density at radius 1 is 1.12 bits per heavy atom. The maximum Gasteiger partial charge on any atom is -0.00446 e. The quantitative estimate of drug-likeness (QED) is 0.592. The summed E-state index contributed by atoms with van der Waals surface area (Å²) in [6, 6.07) is 10.4. The second kappa shape index (κ2) is 7.67. The molecule has 0 saturated carbocycles. The predicted octanol–water partition coefficient (Wildman–Crippen LogP) is 5.10. The summed E-state index contributed by atoms with van der Waals surface area (Å²) in [5.41, 5.74) is 1.26. The molecule has 0 bridgehead atoms. The molecule has 0 aliphatic heterocycles. The van der Waals surface area contributed by atoms with E-state index in [4.69, 9.17) is 0 Å². The second-order valence-corrected chi connectivity index (χ2v) is 4.68. The van der Waals surface area contributed by atoms with Crippen LogP contribution in [0.4, 0.5) is 0 Å². The zero-order valence-corrected chi connectivity index (χ0v) is 10.8. The Kier molecular flexibility index (Phi) is 6.09. The number of rotatable bonds is 6. The van der Waals surface area contributed by atoms with Gasteiger partial charge in [-0.3, -0.25) is 0 Å². The van der Waals surface area contributed by atoms with Gasteiger partial charge in [0.2, 0.25) is 0 Å². The molecule has 1 unspecified atom stereocenters. The van der Waals surface area contributed by atoms with Gasteiger partial charge in [0.05, 0.1) is 0 Å². The SMILES string of the molecule is C=CC=CC(C=Cc1ccccc1)CC(C)C. The van der Waals surface area contributed by atoms with Crippen LogP contribution in [0.3, 0.4) is 0 Å². The first-order valence-corrected chi connectivity index (χ1v) is 6.25. The van der Waals surface area contributed by atoms with Crippen molar-refractivity contribution in [1.82, 2.24) is 0 Å². The van der Waals surface area contributed by atoms with Gasteiger partial charge in [0.15, 0.2) is 0 Å². The number of allylic oxidation sites excluding steroid dienone is 4. The smallest absolute Gasteiger partial charge is 0.00446 e. The standard InChI is InChI=1S/C17H22/c1-4-5-9-17(14-15(2)3)13-12-16-10-7-6-8-11-16/h4-13,15,17H,1,14H2,2-3H3. The van der Waals surface area contributed by atoms with Crippen molar-refractivity contribution in [3.63, 3.8) is 0 Å². The molecule has 1 rings (SSSR count). The monoisotopic (exact) mass is 226 g/mol. The van der Waals surface area contributed by atoms with E-state index < -0.39 is 0 Å². The predicted molar refractivity (Wildman–Crippen MR) is 77.8 cm³/mol. The third-order valence-corrected chi connectivity index (χ3v) is 2.57. The number of benzene rings is 1. The van der Waals surface area contributed by atoms with Crippen LogP contribution in [0.5, 0.6) is 0 Å². The van der Waals surface area contributed by atoms with Crippen molar-refractivity contribution in [3.8, 4) is 0 Å². The Bertz CT molecular complexity index is 368. The summed E-state index contributed by atoms with van der Waals surface area (Å²) in [6.07, 6.45) is 11.7. The lowest BCUT2D eigenvalue weighted by molar-refractivity contribution is 0.534. The normalized spacial score (nSPS) is 13.6. The third kappa shape index (κ3) is 5.91. The minimum Gasteiger partial charge on any atom is -0.0991 e. The maximum absolute atomic E-state index is 3.72. The molecule has 0 spiro atoms. The van der Waals surface area contributed by atoms with E-state index in [-0.39, 0.29) is 0 Å². The molecular formula is C17H22. The van der Waals surface area contributed by atoms with E-state index in [1.54, 1.807) is 0 Å². The van der Waals surface area contributed by atoms with Crippen molar-refractivity contribution in [3.05, 3.63) is 66.8 Å². The molecule has 0 N–H and O–H groups in total. The molecule has 1 aromatic rings. The van der Waals surface area contributed by atoms with Gasteiger partial charge in [0, 0.05) is 0 Å². The molecule has 1 aromatic carbocycles. The first-order chi connectivity index (χ1) is 8.22. The van der Waals surface area contributed by atoms with Gasteiger partial charge in [-0.25, -0.2) is 0 Å². The van der Waals surface area contributed by atoms with Crippen LogP contribution in [-0.4, -0.2) is 0 Å². The largest absolute Gasteiger partial charge is 0.0991 e. The van der Waals surface area contributed by atoms with E-state index in [0.29, 0.717) is 11.8 Å². The highest BCUT2D eigenvalue weighted by atomic mass is 14.1. The van der Waals surface area contributed by atoms with Crippen molar-refractivity contribution in [2.75, 3.05) is 0 Å². The van der Waals surface area contributed by atoms with Gasteiger partial charge in [-0.05, 0) is 23.8 Å². The molecule has 90 valence electrons. The maximum atomic E-state index is 3.72. The molecule has 0 aliphatic carbocycles. The average Bonchev–Trinajstić information content (AvgIpc) is 2.33. The average molecular weight is 226 g/mol. The summed E-state index contributed by atoms with van der Waals surface area (Å²) in [5, 5.41) is 0. The Hall–Kier alpha value is -1.56. The highest BCUT2D eigenvalue weighted by molar-refractivity contribution is 5.49. The fourth-order valence-corrected chi connectivity index (χ4v) is 1.79. The lowest BCUT2D eigenvalue weighted by Gasteiger charge is -2.10. The van der Waals surface area contributed by atoms with E-state index in [9.17, 15) is 0 Å². The fraction of sp³-hybridized carbons (Fsp3) is 0.294. The van der Waals surface area contributed by atoms with E-state index in [1.165, 1.54) is 12.0 Å². The first-order valence-electron chi connectivity index (χ1n) is 6.25. The summed E-state index contributed by atoms with van der Waals surface area (Å²) < 4.78 is 0. The Morgan fingerprint density at radius 3 is 2.41 bits per heavy atom. The minimum atomic E-state index is 0.494. The van der Waals surface area contributed by atoms with E-state index in [0.717, 1.165) is 0 Å². The summed E-state index contributed by atoms with van der Waals surface area (Å²) in [5.74, 6) is 1.20. The molecule has 0 amide bonds. The van der Waals surface area contributed by atoms with Gasteiger partial charge >= 0.3 is 0 Å². The van der Waals surface area contributed by atoms with Crippen LogP contribution >= 0.6 is 0 Å². The van der Waals surface area contributed by atoms with Crippen LogP contribution in [-0.2, 0) is 0 Å². The molecule has 0 aliphatic rings. The Morgan fingerprint density at radius 2 is 1.82 bits per heavy atom. The van der Waals surface area contributed by atoms with Gasteiger partial charge < -0.3 is 0 Å². The second-order valence-electron chi connectivity index (χ2n) is 4.68. The van der Waals surface area contributed by atoms with Gasteiger partial charge in [-0.15, -0.1) is 0 Å². The van der Waals surface area contributed by atoms with Crippen LogP contribution in [0.1, 0.15) is 25.8 Å². The molecule has 1 atom stereocenters. The van der Waals surface area contributed by atoms with Gasteiger partial charge in [-0.2, -0.15) is 0 Å². The summed E-state index contributed by atoms with van der Waals surface area (Å²) in [7, 11) is 0. The van der Waals surface area contributed by atoms with Crippen molar-refractivity contribution in [1.29, 1.82) is 0 Å². The minimum absolute atomic E-state index is 0.494. The molecule has 0 fully saturated rings. The lowest BCUT2D eigenvalue weighted by Crippen LogP contribution is -1.97. The molecule has 0 saturated heterocycles. The zero-order valence-electron chi connectivity index (χ0n) is 10.8. The summed E-state index contributed by atoms with van der Waals surface area (Å²) in [4.78, 5) is 0. The van der Waals surface area contributed by atoms with Crippen molar-refractivity contribution in [2.45, 2.75) is 20.3 Å². The first kappa shape index (κ1) is 13.5. The van der Waals surface area contributed by atoms with E-state index in [2.05, 4.69) is 62.9 Å². The molecular weight excluding hydrogens is 204 g/mol. The molecule has 0 nitrogen and oxygen atoms in total. The molecule has 0 radical (unpaired) electrons. The van der Waals surface area contributed by atoms with Gasteiger partial charge in [-0.1, -0.05) is 81.1 Å². The highest BCUT2D eigenvalue weighted by Crippen LogP contribution is 2.16. The topological polar surface area (TPSA) is 0 Å². The number of hydrogen-bond acceptors (Lipinski definition) is 0. The van der Waals surface area contributed by atoms with Crippen LogP contribution < -0.4 is 0 Å².